The Morgan fingerprint density at radius 2 is 1.86 bits per heavy atom. The number of H-pyrrole nitrogens is 1. The van der Waals surface area contributed by atoms with Crippen molar-refractivity contribution in [1.82, 2.24) is 10.1 Å². The van der Waals surface area contributed by atoms with Crippen molar-refractivity contribution >= 4 is 28.4 Å². The molecule has 2 aromatic heterocycles. The lowest BCUT2D eigenvalue weighted by molar-refractivity contribution is 0.0696. The van der Waals surface area contributed by atoms with Gasteiger partial charge in [0.05, 0.1) is 29.6 Å². The van der Waals surface area contributed by atoms with Crippen molar-refractivity contribution in [3.8, 4) is 23.4 Å². The number of carbonyl (C=O) groups is 1. The minimum Gasteiger partial charge on any atom is -0.496 e. The summed E-state index contributed by atoms with van der Waals surface area (Å²) >= 11 is 0. The van der Waals surface area contributed by atoms with E-state index in [1.807, 2.05) is 52.8 Å². The molecule has 0 radical (unpaired) electrons. The maximum Gasteiger partial charge on any atom is 0.393 e. The summed E-state index contributed by atoms with van der Waals surface area (Å²) in [6.45, 7) is 15.6. The first-order valence-corrected chi connectivity index (χ1v) is 11.4. The Balaban J connectivity index is 2.02. The predicted molar refractivity (Wildman–Crippen MR) is 141 cm³/mol. The number of fused-ring (bicyclic) bond motifs is 1. The van der Waals surface area contributed by atoms with Crippen molar-refractivity contribution in [3.63, 3.8) is 0 Å². The van der Waals surface area contributed by atoms with E-state index >= 15 is 0 Å². The normalized spacial score (nSPS) is 12.1. The Morgan fingerprint density at radius 3 is 2.39 bits per heavy atom. The molecule has 0 aliphatic heterocycles. The van der Waals surface area contributed by atoms with Crippen LogP contribution in [0.1, 0.15) is 59.3 Å². The number of ether oxygens (including phenoxy) is 1. The number of nitrogens with one attached hydrogen (secondary N) is 1. The first-order valence-electron chi connectivity index (χ1n) is 11.4. The molecule has 2 aromatic carbocycles. The van der Waals surface area contributed by atoms with E-state index in [0.717, 1.165) is 33.3 Å². The number of aromatic carboxylic acids is 1. The number of nitrogens with zero attached hydrogens (tertiary/aromatic N) is 3. The summed E-state index contributed by atoms with van der Waals surface area (Å²) in [5, 5.41) is 14.6. The molecule has 0 bridgehead atoms. The molecule has 2 N–H and O–H groups in total. The first kappa shape index (κ1) is 24.7. The minimum absolute atomic E-state index is 0.183. The van der Waals surface area contributed by atoms with Gasteiger partial charge in [-0.25, -0.2) is 9.78 Å². The number of carboxylic acid groups (broad SMARTS) is 1. The Kier molecular flexibility index (Phi) is 6.19. The average molecular weight is 486 g/mol. The minimum atomic E-state index is -1.01. The summed E-state index contributed by atoms with van der Waals surface area (Å²) in [4.78, 5) is 23.8. The molecular weight excluding hydrogens is 456 g/mol. The molecule has 0 aliphatic carbocycles. The van der Waals surface area contributed by atoms with Crippen molar-refractivity contribution in [3.05, 3.63) is 68.9 Å². The number of rotatable bonds is 5. The van der Waals surface area contributed by atoms with Gasteiger partial charge >= 0.3 is 11.8 Å². The molecule has 184 valence electrons. The largest absolute Gasteiger partial charge is 0.496 e. The van der Waals surface area contributed by atoms with Gasteiger partial charge in [0.1, 0.15) is 29.2 Å². The van der Waals surface area contributed by atoms with Crippen LogP contribution in [0.5, 0.6) is 5.75 Å². The van der Waals surface area contributed by atoms with Gasteiger partial charge in [-0.3, -0.25) is 4.99 Å². The SMILES string of the molecule is C#[N+]c1[nH]c2cc(-c3c(C)noc3C)c(OC)cc2c1C(=NC)c1cc(C(=O)O)cc(C(C)(C)C)c1. The second-order valence-corrected chi connectivity index (χ2v) is 9.70. The summed E-state index contributed by atoms with van der Waals surface area (Å²) in [5.41, 5.74) is 5.83. The molecule has 36 heavy (non-hydrogen) atoms. The van der Waals surface area contributed by atoms with Gasteiger partial charge in [0.15, 0.2) is 0 Å². The van der Waals surface area contributed by atoms with Crippen LogP contribution >= 0.6 is 0 Å². The third-order valence-corrected chi connectivity index (χ3v) is 6.31. The van der Waals surface area contributed by atoms with Gasteiger partial charge in [-0.2, -0.15) is 4.85 Å². The van der Waals surface area contributed by atoms with Crippen molar-refractivity contribution in [1.29, 1.82) is 0 Å². The lowest BCUT2D eigenvalue weighted by Crippen LogP contribution is -2.15. The van der Waals surface area contributed by atoms with Crippen molar-refractivity contribution in [2.45, 2.75) is 40.0 Å². The molecule has 0 spiro atoms. The Morgan fingerprint density at radius 1 is 1.17 bits per heavy atom. The topological polar surface area (TPSA) is 105 Å². The Labute approximate surface area is 209 Å². The maximum absolute atomic E-state index is 11.9. The number of aromatic nitrogens is 2. The number of methoxy groups -OCH3 is 1. The van der Waals surface area contributed by atoms with Crippen molar-refractivity contribution in [2.75, 3.05) is 14.2 Å². The van der Waals surface area contributed by atoms with Gasteiger partial charge in [-0.1, -0.05) is 25.9 Å². The number of benzene rings is 2. The molecule has 4 aromatic rings. The fourth-order valence-electron chi connectivity index (χ4n) is 4.48. The fourth-order valence-corrected chi connectivity index (χ4v) is 4.48. The highest BCUT2D eigenvalue weighted by molar-refractivity contribution is 6.23. The van der Waals surface area contributed by atoms with Crippen LogP contribution in [-0.2, 0) is 5.41 Å². The number of aryl methyl sites for hydroxylation is 2. The Bertz CT molecular complexity index is 1560. The summed E-state index contributed by atoms with van der Waals surface area (Å²) in [6, 6.07) is 9.12. The molecule has 0 saturated heterocycles. The third kappa shape index (κ3) is 4.13. The molecule has 0 amide bonds. The maximum atomic E-state index is 11.9. The lowest BCUT2D eigenvalue weighted by atomic mass is 9.84. The van der Waals surface area contributed by atoms with E-state index in [9.17, 15) is 9.90 Å². The van der Waals surface area contributed by atoms with Crippen LogP contribution in [0, 0.1) is 20.4 Å². The summed E-state index contributed by atoms with van der Waals surface area (Å²) in [6.07, 6.45) is 0. The van der Waals surface area contributed by atoms with E-state index in [1.54, 1.807) is 26.3 Å². The van der Waals surface area contributed by atoms with Crippen LogP contribution in [0.25, 0.3) is 26.9 Å². The Hall–Kier alpha value is -4.38. The number of hydrogen-bond acceptors (Lipinski definition) is 5. The van der Waals surface area contributed by atoms with Crippen LogP contribution in [0.4, 0.5) is 5.82 Å². The molecule has 0 fully saturated rings. The van der Waals surface area contributed by atoms with Gasteiger partial charge in [0.25, 0.3) is 0 Å². The van der Waals surface area contributed by atoms with Crippen molar-refractivity contribution < 1.29 is 19.2 Å². The number of aromatic amines is 1. The van der Waals surface area contributed by atoms with E-state index < -0.39 is 5.97 Å². The number of hydrogen-bond donors (Lipinski definition) is 2. The van der Waals surface area contributed by atoms with Crippen LogP contribution in [-0.4, -0.2) is 41.1 Å². The van der Waals surface area contributed by atoms with E-state index in [4.69, 9.17) is 15.8 Å². The van der Waals surface area contributed by atoms with Gasteiger partial charge in [-0.15, -0.1) is 0 Å². The highest BCUT2D eigenvalue weighted by atomic mass is 16.5. The highest BCUT2D eigenvalue weighted by Gasteiger charge is 2.29. The van der Waals surface area contributed by atoms with E-state index in [0.29, 0.717) is 34.2 Å². The average Bonchev–Trinajstić information content (AvgIpc) is 3.36. The number of carboxylic acids is 1. The smallest absolute Gasteiger partial charge is 0.393 e. The molecule has 0 unspecified atom stereocenters. The fraction of sp³-hybridized carbons (Fsp3) is 0.286. The van der Waals surface area contributed by atoms with Gasteiger partial charge in [-0.05, 0) is 55.2 Å². The predicted octanol–water partition coefficient (Wildman–Crippen LogP) is 6.51. The summed E-state index contributed by atoms with van der Waals surface area (Å²) in [7, 11) is 3.26. The van der Waals surface area contributed by atoms with E-state index in [-0.39, 0.29) is 11.0 Å². The van der Waals surface area contributed by atoms with Gasteiger partial charge < -0.3 is 14.4 Å². The zero-order chi connectivity index (χ0) is 26.4. The zero-order valence-corrected chi connectivity index (χ0v) is 21.5. The molecule has 4 rings (SSSR count). The highest BCUT2D eigenvalue weighted by Crippen LogP contribution is 2.41. The standard InChI is InChI=1S/C28H28N4O4/c1-14-23(15(2)36-32-14)20-12-21-19(13-22(20)35-8)24(26(30-7)31-21)25(29-6)16-9-17(27(33)34)11-18(10-16)28(3,4)5/h7,9-13H,1-6,8H3,(H-,29,31,33,34)/p+1. The zero-order valence-electron chi connectivity index (χ0n) is 21.5. The van der Waals surface area contributed by atoms with Gasteiger partial charge in [0, 0.05) is 23.6 Å². The van der Waals surface area contributed by atoms with Crippen LogP contribution in [0.2, 0.25) is 0 Å². The summed E-state index contributed by atoms with van der Waals surface area (Å²) < 4.78 is 11.1. The lowest BCUT2D eigenvalue weighted by Gasteiger charge is -2.21. The molecule has 2 heterocycles. The summed E-state index contributed by atoms with van der Waals surface area (Å²) in [5.74, 6) is 0.704. The quantitative estimate of drug-likeness (QED) is 0.314. The molecular formula is C28H29N4O4+. The second kappa shape index (κ2) is 9.00. The van der Waals surface area contributed by atoms with Crippen LogP contribution in [0.15, 0.2) is 39.8 Å². The van der Waals surface area contributed by atoms with E-state index in [1.165, 1.54) is 0 Å². The van der Waals surface area contributed by atoms with Gasteiger partial charge in [0.2, 0.25) is 0 Å². The van der Waals surface area contributed by atoms with Crippen molar-refractivity contribution in [2.24, 2.45) is 4.99 Å². The molecule has 0 atom stereocenters. The molecule has 8 nitrogen and oxygen atoms in total. The molecule has 0 aliphatic rings. The second-order valence-electron chi connectivity index (χ2n) is 9.70. The van der Waals surface area contributed by atoms with Crippen LogP contribution < -0.4 is 4.74 Å². The first-order chi connectivity index (χ1) is 17.0. The monoisotopic (exact) mass is 485 g/mol. The molecule has 8 heteroatoms. The van der Waals surface area contributed by atoms with E-state index in [2.05, 4.69) is 20.0 Å². The molecule has 0 saturated carbocycles. The van der Waals surface area contributed by atoms with Crippen LogP contribution in [0.3, 0.4) is 0 Å². The third-order valence-electron chi connectivity index (χ3n) is 6.31. The number of aliphatic imine (C=N–C) groups is 1.